The van der Waals surface area contributed by atoms with E-state index < -0.39 is 6.16 Å². The maximum atomic E-state index is 12.7. The minimum Gasteiger partial charge on any atom is -0.450 e. The minimum atomic E-state index is -1.83. The van der Waals surface area contributed by atoms with Crippen LogP contribution in [-0.2, 0) is 17.8 Å². The number of benzene rings is 1. The molecule has 0 bridgehead atoms. The number of carbonyl (C=O) groups excluding carboxylic acids is 2. The van der Waals surface area contributed by atoms with Gasteiger partial charge in [-0.05, 0) is 43.0 Å². The molecule has 1 saturated carbocycles. The van der Waals surface area contributed by atoms with Crippen LogP contribution in [-0.4, -0.2) is 28.2 Å². The number of carboxylic acid groups (broad SMARTS) is 2. The van der Waals surface area contributed by atoms with Crippen molar-refractivity contribution >= 4 is 40.0 Å². The van der Waals surface area contributed by atoms with Crippen LogP contribution in [0.1, 0.15) is 59.8 Å². The van der Waals surface area contributed by atoms with Crippen molar-refractivity contribution in [1.82, 2.24) is 5.32 Å². The van der Waals surface area contributed by atoms with E-state index >= 15 is 0 Å². The summed E-state index contributed by atoms with van der Waals surface area (Å²) in [7, 11) is 0. The van der Waals surface area contributed by atoms with E-state index in [-0.39, 0.29) is 17.7 Å². The number of hydrogen-bond acceptors (Lipinski definition) is 5. The van der Waals surface area contributed by atoms with Crippen LogP contribution in [0.25, 0.3) is 0 Å². The molecule has 2 amide bonds. The zero-order valence-corrected chi connectivity index (χ0v) is 18.3. The molecule has 0 atom stereocenters. The van der Waals surface area contributed by atoms with Gasteiger partial charge in [-0.15, -0.1) is 11.3 Å². The van der Waals surface area contributed by atoms with Gasteiger partial charge in [0.15, 0.2) is 0 Å². The second kappa shape index (κ2) is 11.9. The van der Waals surface area contributed by atoms with Crippen molar-refractivity contribution in [3.8, 4) is 0 Å². The lowest BCUT2D eigenvalue weighted by Gasteiger charge is -2.20. The molecule has 1 aliphatic carbocycles. The third-order valence-corrected chi connectivity index (χ3v) is 6.19. The van der Waals surface area contributed by atoms with Crippen molar-refractivity contribution in [1.29, 1.82) is 0 Å². The molecule has 1 heterocycles. The van der Waals surface area contributed by atoms with Crippen molar-refractivity contribution in [2.24, 2.45) is 5.92 Å². The summed E-state index contributed by atoms with van der Waals surface area (Å²) >= 11 is 1.49. The Morgan fingerprint density at radius 2 is 1.81 bits per heavy atom. The van der Waals surface area contributed by atoms with Gasteiger partial charge >= 0.3 is 6.16 Å². The van der Waals surface area contributed by atoms with E-state index in [9.17, 15) is 9.59 Å². The molecule has 2 aromatic rings. The fourth-order valence-electron chi connectivity index (χ4n) is 3.44. The van der Waals surface area contributed by atoms with Gasteiger partial charge in [-0.1, -0.05) is 38.3 Å². The first-order valence-electron chi connectivity index (χ1n) is 10.3. The number of nitrogens with two attached hydrogens (primary N) is 1. The van der Waals surface area contributed by atoms with Gasteiger partial charge in [0.25, 0.3) is 5.91 Å². The molecule has 31 heavy (non-hydrogen) atoms. The van der Waals surface area contributed by atoms with Crippen molar-refractivity contribution in [3.05, 3.63) is 46.3 Å². The Balaban J connectivity index is 0.000000785. The Morgan fingerprint density at radius 3 is 2.42 bits per heavy atom. The monoisotopic (exact) mass is 447 g/mol. The lowest BCUT2D eigenvalue weighted by Crippen LogP contribution is -2.27. The van der Waals surface area contributed by atoms with Gasteiger partial charge in [0, 0.05) is 23.0 Å². The number of amides is 2. The molecule has 0 spiro atoms. The second-order valence-electron chi connectivity index (χ2n) is 7.34. The average Bonchev–Trinajstić information content (AvgIpc) is 3.15. The van der Waals surface area contributed by atoms with Crippen LogP contribution in [0.3, 0.4) is 0 Å². The summed E-state index contributed by atoms with van der Waals surface area (Å²) in [5.41, 5.74) is 7.95. The molecule has 1 aliphatic rings. The molecule has 0 unspecified atom stereocenters. The number of rotatable bonds is 6. The zero-order chi connectivity index (χ0) is 22.8. The summed E-state index contributed by atoms with van der Waals surface area (Å²) in [5, 5.41) is 20.6. The van der Waals surface area contributed by atoms with Gasteiger partial charge in [0.1, 0.15) is 5.00 Å². The predicted octanol–water partition coefficient (Wildman–Crippen LogP) is 4.56. The largest absolute Gasteiger partial charge is 0.503 e. The third kappa shape index (κ3) is 7.93. The second-order valence-corrected chi connectivity index (χ2v) is 8.48. The Hall–Kier alpha value is -3.07. The van der Waals surface area contributed by atoms with E-state index in [0.717, 1.165) is 42.5 Å². The zero-order valence-electron chi connectivity index (χ0n) is 17.5. The van der Waals surface area contributed by atoms with Crippen LogP contribution >= 0.6 is 11.3 Å². The highest BCUT2D eigenvalue weighted by Crippen LogP contribution is 2.31. The van der Waals surface area contributed by atoms with Crippen LogP contribution < -0.4 is 16.4 Å². The lowest BCUT2D eigenvalue weighted by atomic mass is 9.89. The van der Waals surface area contributed by atoms with E-state index in [0.29, 0.717) is 22.8 Å². The number of aryl methyl sites for hydroxylation is 1. The lowest BCUT2D eigenvalue weighted by molar-refractivity contribution is -0.120. The number of carbonyl (C=O) groups is 3. The molecule has 6 N–H and O–H groups in total. The van der Waals surface area contributed by atoms with Crippen LogP contribution in [0.4, 0.5) is 15.5 Å². The highest BCUT2D eigenvalue weighted by molar-refractivity contribution is 7.16. The van der Waals surface area contributed by atoms with E-state index in [4.69, 9.17) is 20.7 Å². The Morgan fingerprint density at radius 1 is 1.13 bits per heavy atom. The third-order valence-electron chi connectivity index (χ3n) is 4.99. The van der Waals surface area contributed by atoms with E-state index in [2.05, 4.69) is 10.6 Å². The summed E-state index contributed by atoms with van der Waals surface area (Å²) in [6, 6.07) is 9.34. The Bertz CT molecular complexity index is 902. The molecular formula is C22H29N3O5S. The van der Waals surface area contributed by atoms with Crippen molar-refractivity contribution in [2.45, 2.75) is 52.0 Å². The molecule has 168 valence electrons. The van der Waals surface area contributed by atoms with E-state index in [1.807, 2.05) is 37.3 Å². The number of hydrogen-bond donors (Lipinski definition) is 5. The molecule has 3 rings (SSSR count). The molecule has 1 aromatic heterocycles. The summed E-state index contributed by atoms with van der Waals surface area (Å²) in [6.45, 7) is 2.45. The first-order chi connectivity index (χ1) is 14.8. The van der Waals surface area contributed by atoms with Crippen LogP contribution in [0.5, 0.6) is 0 Å². The molecule has 0 radical (unpaired) electrons. The normalized spacial score (nSPS) is 13.6. The maximum absolute atomic E-state index is 12.7. The Labute approximate surface area is 185 Å². The highest BCUT2D eigenvalue weighted by atomic mass is 32.1. The maximum Gasteiger partial charge on any atom is 0.503 e. The molecule has 0 aliphatic heterocycles. The van der Waals surface area contributed by atoms with Crippen molar-refractivity contribution < 1.29 is 24.6 Å². The Kier molecular flexibility index (Phi) is 9.33. The van der Waals surface area contributed by atoms with Gasteiger partial charge in [-0.25, -0.2) is 4.79 Å². The first-order valence-corrected chi connectivity index (χ1v) is 11.1. The average molecular weight is 448 g/mol. The van der Waals surface area contributed by atoms with E-state index in [1.165, 1.54) is 17.8 Å². The fraction of sp³-hybridized carbons (Fsp3) is 0.409. The summed E-state index contributed by atoms with van der Waals surface area (Å²) in [6.07, 6.45) is 4.30. The van der Waals surface area contributed by atoms with Crippen LogP contribution in [0, 0.1) is 5.92 Å². The van der Waals surface area contributed by atoms with Gasteiger partial charge in [-0.3, -0.25) is 9.59 Å². The molecule has 1 aromatic carbocycles. The fourth-order valence-corrected chi connectivity index (χ4v) is 4.43. The van der Waals surface area contributed by atoms with Gasteiger partial charge in [0.05, 0.1) is 5.56 Å². The number of nitrogens with one attached hydrogen (secondary N) is 2. The van der Waals surface area contributed by atoms with Crippen LogP contribution in [0.15, 0.2) is 30.3 Å². The minimum absolute atomic E-state index is 0.0454. The van der Waals surface area contributed by atoms with Crippen molar-refractivity contribution in [3.63, 3.8) is 0 Å². The number of thiophene rings is 1. The van der Waals surface area contributed by atoms with Gasteiger partial charge in [0.2, 0.25) is 5.91 Å². The van der Waals surface area contributed by atoms with Gasteiger partial charge < -0.3 is 26.6 Å². The summed E-state index contributed by atoms with van der Waals surface area (Å²) in [5.74, 6) is -0.0643. The topological polar surface area (TPSA) is 142 Å². The van der Waals surface area contributed by atoms with Crippen LogP contribution in [0.2, 0.25) is 0 Å². The smallest absolute Gasteiger partial charge is 0.450 e. The molecular weight excluding hydrogens is 418 g/mol. The SMILES string of the molecule is CCc1cc(C(=O)NCc2cccc(N)c2)c(NC(=O)C2CCCCC2)s1.O=C(O)O. The van der Waals surface area contributed by atoms with Crippen molar-refractivity contribution in [2.75, 3.05) is 11.1 Å². The molecule has 9 heteroatoms. The molecule has 0 saturated heterocycles. The number of nitrogen functional groups attached to an aromatic ring is 1. The quantitative estimate of drug-likeness (QED) is 0.411. The summed E-state index contributed by atoms with van der Waals surface area (Å²) < 4.78 is 0. The number of anilines is 2. The predicted molar refractivity (Wildman–Crippen MR) is 122 cm³/mol. The molecule has 1 fully saturated rings. The van der Waals surface area contributed by atoms with E-state index in [1.54, 1.807) is 0 Å². The molecule has 8 nitrogen and oxygen atoms in total. The van der Waals surface area contributed by atoms with Gasteiger partial charge in [-0.2, -0.15) is 0 Å². The standard InChI is InChI=1S/C21H27N3O2S.CH2O3/c1-2-17-12-18(20(26)23-13-14-7-6-10-16(22)11-14)21(27-17)24-19(25)15-8-4-3-5-9-15;2-1(3)4/h6-7,10-12,15H,2-5,8-9,13,22H2,1H3,(H,23,26)(H,24,25);(H2,2,3,4). The summed E-state index contributed by atoms with van der Waals surface area (Å²) in [4.78, 5) is 35.0. The first kappa shape index (κ1) is 24.2. The highest BCUT2D eigenvalue weighted by Gasteiger charge is 2.24.